The number of nitrogens with one attached hydrogen (secondary N) is 1. The smallest absolute Gasteiger partial charge is 0.412 e. The quantitative estimate of drug-likeness (QED) is 0.270. The van der Waals surface area contributed by atoms with Crippen LogP contribution in [-0.4, -0.2) is 22.3 Å². The number of ether oxygens (including phenoxy) is 1. The van der Waals surface area contributed by atoms with E-state index in [2.05, 4.69) is 10.5 Å². The summed E-state index contributed by atoms with van der Waals surface area (Å²) in [5, 5.41) is 16.8. The Morgan fingerprint density at radius 3 is 2.39 bits per heavy atom. The highest BCUT2D eigenvalue weighted by atomic mass is 35.5. The van der Waals surface area contributed by atoms with Crippen molar-refractivity contribution in [1.29, 1.82) is 0 Å². The lowest BCUT2D eigenvalue weighted by molar-refractivity contribution is -0.138. The predicted octanol–water partition coefficient (Wildman–Crippen LogP) is 7.47. The molecule has 8 heteroatoms. The Labute approximate surface area is 213 Å². The van der Waals surface area contributed by atoms with Gasteiger partial charge in [0.25, 0.3) is 0 Å². The molecule has 0 unspecified atom stereocenters. The minimum atomic E-state index is -0.947. The first-order chi connectivity index (χ1) is 17.3. The van der Waals surface area contributed by atoms with E-state index in [1.807, 2.05) is 42.5 Å². The van der Waals surface area contributed by atoms with Gasteiger partial charge in [0.15, 0.2) is 5.76 Å². The van der Waals surface area contributed by atoms with Gasteiger partial charge in [0, 0.05) is 16.1 Å². The molecule has 1 heterocycles. The molecule has 36 heavy (non-hydrogen) atoms. The van der Waals surface area contributed by atoms with E-state index in [-0.39, 0.29) is 0 Å². The molecule has 2 atom stereocenters. The molecule has 1 aromatic heterocycles. The van der Waals surface area contributed by atoms with Crippen LogP contribution >= 0.6 is 11.6 Å². The van der Waals surface area contributed by atoms with Crippen LogP contribution in [0, 0.1) is 6.92 Å². The molecular formula is C28H25ClN2O5. The molecule has 4 rings (SSSR count). The van der Waals surface area contributed by atoms with Gasteiger partial charge in [0.2, 0.25) is 0 Å². The first-order valence-corrected chi connectivity index (χ1v) is 11.7. The number of aromatic nitrogens is 1. The van der Waals surface area contributed by atoms with E-state index >= 15 is 0 Å². The van der Waals surface area contributed by atoms with Crippen molar-refractivity contribution in [3.63, 3.8) is 0 Å². The predicted molar refractivity (Wildman–Crippen MR) is 138 cm³/mol. The van der Waals surface area contributed by atoms with E-state index in [1.165, 1.54) is 0 Å². The summed E-state index contributed by atoms with van der Waals surface area (Å²) >= 11 is 6.24. The van der Waals surface area contributed by atoms with Gasteiger partial charge >= 0.3 is 12.1 Å². The standard InChI is InChI=1S/C28H25ClN2O5/c1-16(27(32)33)20-13-14-22(19-9-5-4-6-10-19)23(15-20)26-25(17(2)31-36-26)30-28(34)35-18(3)21-11-7-8-12-24(21)29/h4-16,18H,1-3H3,(H,30,34)(H,32,33)/t16-,18-/m1/s1. The van der Waals surface area contributed by atoms with E-state index in [0.717, 1.165) is 11.1 Å². The first-order valence-electron chi connectivity index (χ1n) is 11.4. The van der Waals surface area contributed by atoms with Crippen molar-refractivity contribution in [1.82, 2.24) is 5.16 Å². The fraction of sp³-hybridized carbons (Fsp3) is 0.179. The summed E-state index contributed by atoms with van der Waals surface area (Å²) in [6.07, 6.45) is -1.30. The Hall–Kier alpha value is -4.10. The largest absolute Gasteiger partial charge is 0.481 e. The van der Waals surface area contributed by atoms with Crippen LogP contribution in [0.3, 0.4) is 0 Å². The number of hydrogen-bond acceptors (Lipinski definition) is 5. The molecule has 0 bridgehead atoms. The van der Waals surface area contributed by atoms with E-state index < -0.39 is 24.1 Å². The molecular weight excluding hydrogens is 480 g/mol. The highest BCUT2D eigenvalue weighted by molar-refractivity contribution is 6.31. The molecule has 0 saturated heterocycles. The fourth-order valence-electron chi connectivity index (χ4n) is 3.89. The normalized spacial score (nSPS) is 12.6. The van der Waals surface area contributed by atoms with Crippen molar-refractivity contribution in [2.45, 2.75) is 32.8 Å². The maximum Gasteiger partial charge on any atom is 0.412 e. The van der Waals surface area contributed by atoms with E-state index in [0.29, 0.717) is 38.9 Å². The van der Waals surface area contributed by atoms with Crippen LogP contribution in [0.5, 0.6) is 0 Å². The van der Waals surface area contributed by atoms with Gasteiger partial charge in [-0.3, -0.25) is 10.1 Å². The molecule has 2 N–H and O–H groups in total. The van der Waals surface area contributed by atoms with Crippen molar-refractivity contribution in [3.8, 4) is 22.5 Å². The SMILES string of the molecule is Cc1noc(-c2cc([C@@H](C)C(=O)O)ccc2-c2ccccc2)c1NC(=O)O[C@H](C)c1ccccc1Cl. The number of nitrogens with zero attached hydrogens (tertiary/aromatic N) is 1. The molecule has 7 nitrogen and oxygen atoms in total. The van der Waals surface area contributed by atoms with Crippen molar-refractivity contribution in [2.24, 2.45) is 0 Å². The molecule has 4 aromatic rings. The lowest BCUT2D eigenvalue weighted by Crippen LogP contribution is -2.17. The van der Waals surface area contributed by atoms with E-state index in [9.17, 15) is 14.7 Å². The molecule has 0 saturated carbocycles. The maximum atomic E-state index is 12.8. The molecule has 0 aliphatic rings. The van der Waals surface area contributed by atoms with Crippen molar-refractivity contribution < 1.29 is 24.0 Å². The number of benzene rings is 3. The number of aryl methyl sites for hydroxylation is 1. The third-order valence-corrected chi connectivity index (χ3v) is 6.30. The van der Waals surface area contributed by atoms with E-state index in [1.54, 1.807) is 51.1 Å². The Kier molecular flexibility index (Phi) is 7.41. The molecule has 0 radical (unpaired) electrons. The summed E-state index contributed by atoms with van der Waals surface area (Å²) < 4.78 is 11.2. The average Bonchev–Trinajstić information content (AvgIpc) is 3.23. The summed E-state index contributed by atoms with van der Waals surface area (Å²) in [5.74, 6) is -1.39. The first kappa shape index (κ1) is 25.0. The summed E-state index contributed by atoms with van der Waals surface area (Å²) in [5.41, 5.74) is 4.35. The molecule has 0 fully saturated rings. The minimum absolute atomic E-state index is 0.299. The van der Waals surface area contributed by atoms with Gasteiger partial charge in [0.05, 0.1) is 5.92 Å². The highest BCUT2D eigenvalue weighted by Gasteiger charge is 2.24. The molecule has 0 aliphatic heterocycles. The van der Waals surface area contributed by atoms with Crippen LogP contribution in [0.25, 0.3) is 22.5 Å². The van der Waals surface area contributed by atoms with Gasteiger partial charge in [-0.1, -0.05) is 77.4 Å². The van der Waals surface area contributed by atoms with Crippen molar-refractivity contribution in [2.75, 3.05) is 5.32 Å². The van der Waals surface area contributed by atoms with Crippen molar-refractivity contribution in [3.05, 3.63) is 94.6 Å². The number of carbonyl (C=O) groups is 2. The van der Waals surface area contributed by atoms with Crippen LogP contribution in [0.4, 0.5) is 10.5 Å². The van der Waals surface area contributed by atoms with Gasteiger partial charge < -0.3 is 14.4 Å². The van der Waals surface area contributed by atoms with Crippen LogP contribution in [-0.2, 0) is 9.53 Å². The van der Waals surface area contributed by atoms with Gasteiger partial charge in [-0.25, -0.2) is 4.79 Å². The number of amides is 1. The lowest BCUT2D eigenvalue weighted by Gasteiger charge is -2.16. The number of aliphatic carboxylic acids is 1. The van der Waals surface area contributed by atoms with Gasteiger partial charge in [0.1, 0.15) is 17.5 Å². The second-order valence-electron chi connectivity index (χ2n) is 8.40. The fourth-order valence-corrected chi connectivity index (χ4v) is 4.18. The Morgan fingerprint density at radius 1 is 1.00 bits per heavy atom. The van der Waals surface area contributed by atoms with Crippen LogP contribution < -0.4 is 5.32 Å². The third-order valence-electron chi connectivity index (χ3n) is 5.96. The number of carbonyl (C=O) groups excluding carboxylic acids is 1. The zero-order valence-electron chi connectivity index (χ0n) is 20.0. The number of carboxylic acid groups (broad SMARTS) is 1. The van der Waals surface area contributed by atoms with Crippen LogP contribution in [0.15, 0.2) is 77.3 Å². The summed E-state index contributed by atoms with van der Waals surface area (Å²) in [6, 6.07) is 22.1. The van der Waals surface area contributed by atoms with Gasteiger partial charge in [-0.05, 0) is 49.6 Å². The molecule has 184 valence electrons. The van der Waals surface area contributed by atoms with Crippen LogP contribution in [0.1, 0.15) is 42.7 Å². The number of halogens is 1. The second-order valence-corrected chi connectivity index (χ2v) is 8.80. The highest BCUT2D eigenvalue weighted by Crippen LogP contribution is 2.39. The summed E-state index contributed by atoms with van der Waals surface area (Å²) in [7, 11) is 0. The zero-order chi connectivity index (χ0) is 25.8. The number of hydrogen-bond donors (Lipinski definition) is 2. The van der Waals surface area contributed by atoms with Gasteiger partial charge in [-0.15, -0.1) is 0 Å². The third kappa shape index (κ3) is 5.26. The summed E-state index contributed by atoms with van der Waals surface area (Å²) in [6.45, 7) is 5.04. The Bertz CT molecular complexity index is 1400. The molecule has 0 aliphatic carbocycles. The topological polar surface area (TPSA) is 102 Å². The number of carboxylic acids is 1. The Balaban J connectivity index is 1.71. The zero-order valence-corrected chi connectivity index (χ0v) is 20.7. The summed E-state index contributed by atoms with van der Waals surface area (Å²) in [4.78, 5) is 24.5. The van der Waals surface area contributed by atoms with Crippen molar-refractivity contribution >= 4 is 29.4 Å². The average molecular weight is 505 g/mol. The molecule has 0 spiro atoms. The van der Waals surface area contributed by atoms with E-state index in [4.69, 9.17) is 20.9 Å². The van der Waals surface area contributed by atoms with Crippen LogP contribution in [0.2, 0.25) is 5.02 Å². The Morgan fingerprint density at radius 2 is 1.69 bits per heavy atom. The van der Waals surface area contributed by atoms with Gasteiger partial charge in [-0.2, -0.15) is 0 Å². The monoisotopic (exact) mass is 504 g/mol. The lowest BCUT2D eigenvalue weighted by atomic mass is 9.91. The molecule has 1 amide bonds. The molecule has 3 aromatic carbocycles. The maximum absolute atomic E-state index is 12.8. The second kappa shape index (κ2) is 10.7. The minimum Gasteiger partial charge on any atom is -0.481 e. The number of anilines is 1. The number of rotatable bonds is 7.